The lowest BCUT2D eigenvalue weighted by atomic mass is 10.1. The fourth-order valence-electron chi connectivity index (χ4n) is 0.938. The van der Waals surface area contributed by atoms with E-state index >= 15 is 0 Å². The molecule has 0 saturated heterocycles. The normalized spacial score (nSPS) is 9.93. The highest BCUT2D eigenvalue weighted by molar-refractivity contribution is 14.1. The van der Waals surface area contributed by atoms with Crippen molar-refractivity contribution < 1.29 is 27.3 Å². The lowest BCUT2D eigenvalue weighted by molar-refractivity contribution is 0.0675. The van der Waals surface area contributed by atoms with E-state index < -0.39 is 50.1 Å². The Labute approximate surface area is 93.2 Å². The van der Waals surface area contributed by atoms with Crippen LogP contribution in [0.5, 0.6) is 0 Å². The molecule has 0 amide bonds. The van der Waals surface area contributed by atoms with Gasteiger partial charge in [0.15, 0.2) is 21.2 Å². The Kier molecular flexibility index (Phi) is 3.45. The summed E-state index contributed by atoms with van der Waals surface area (Å²) in [5.74, 6) is -4.11. The van der Waals surface area contributed by atoms with Crippen LogP contribution in [0.4, 0.5) is 4.39 Å². The Hall–Kier alpha value is -1.38. The van der Waals surface area contributed by atoms with Crippen molar-refractivity contribution in [3.8, 4) is 0 Å². The SMILES string of the molecule is O=Ic1cc(C(=O)O)c(F)cc1C(=O)O. The van der Waals surface area contributed by atoms with E-state index in [2.05, 4.69) is 0 Å². The maximum atomic E-state index is 13.0. The van der Waals surface area contributed by atoms with E-state index in [9.17, 15) is 17.0 Å². The number of benzene rings is 1. The number of hydrogen-bond donors (Lipinski definition) is 2. The molecule has 80 valence electrons. The van der Waals surface area contributed by atoms with Gasteiger partial charge < -0.3 is 10.2 Å². The molecule has 0 aliphatic rings. The van der Waals surface area contributed by atoms with E-state index in [0.717, 1.165) is 6.07 Å². The highest BCUT2D eigenvalue weighted by Gasteiger charge is 2.18. The Morgan fingerprint density at radius 1 is 1.13 bits per heavy atom. The van der Waals surface area contributed by atoms with Gasteiger partial charge in [0.25, 0.3) is 0 Å². The van der Waals surface area contributed by atoms with Crippen LogP contribution in [0.2, 0.25) is 0 Å². The van der Waals surface area contributed by atoms with Gasteiger partial charge in [-0.1, -0.05) is 0 Å². The molecule has 0 unspecified atom stereocenters. The predicted molar refractivity (Wildman–Crippen MR) is 53.7 cm³/mol. The minimum atomic E-state index is -1.86. The van der Waals surface area contributed by atoms with Gasteiger partial charge in [0, 0.05) is 0 Å². The maximum Gasteiger partial charge on any atom is 0.338 e. The van der Waals surface area contributed by atoms with Crippen LogP contribution in [-0.2, 0) is 3.07 Å². The summed E-state index contributed by atoms with van der Waals surface area (Å²) in [6.45, 7) is 0. The zero-order valence-electron chi connectivity index (χ0n) is 7.03. The van der Waals surface area contributed by atoms with Crippen molar-refractivity contribution in [2.45, 2.75) is 0 Å². The van der Waals surface area contributed by atoms with Crippen molar-refractivity contribution in [3.05, 3.63) is 32.6 Å². The lowest BCUT2D eigenvalue weighted by Gasteiger charge is -2.01. The van der Waals surface area contributed by atoms with Crippen LogP contribution < -0.4 is 0 Å². The molecule has 5 nitrogen and oxygen atoms in total. The van der Waals surface area contributed by atoms with Gasteiger partial charge in [0.1, 0.15) is 5.82 Å². The number of aromatic carboxylic acids is 2. The lowest BCUT2D eigenvalue weighted by Crippen LogP contribution is -2.07. The summed E-state index contributed by atoms with van der Waals surface area (Å²) in [6.07, 6.45) is 0. The van der Waals surface area contributed by atoms with E-state index in [4.69, 9.17) is 10.2 Å². The molecule has 0 fully saturated rings. The molecule has 2 N–H and O–H groups in total. The van der Waals surface area contributed by atoms with Crippen LogP contribution in [0.25, 0.3) is 0 Å². The topological polar surface area (TPSA) is 91.7 Å². The zero-order chi connectivity index (χ0) is 11.6. The fraction of sp³-hybridized carbons (Fsp3) is 0. The largest absolute Gasteiger partial charge is 0.478 e. The molecule has 1 rings (SSSR count). The smallest absolute Gasteiger partial charge is 0.338 e. The molecular weight excluding hydrogens is 322 g/mol. The first-order valence-corrected chi connectivity index (χ1v) is 5.50. The Balaban J connectivity index is 3.48. The highest BCUT2D eigenvalue weighted by Crippen LogP contribution is 2.21. The van der Waals surface area contributed by atoms with Crippen molar-refractivity contribution in [3.63, 3.8) is 0 Å². The Bertz CT molecular complexity index is 457. The highest BCUT2D eigenvalue weighted by atomic mass is 127. The van der Waals surface area contributed by atoms with Gasteiger partial charge in [-0.25, -0.2) is 14.0 Å². The second-order valence-electron chi connectivity index (χ2n) is 2.50. The first-order chi connectivity index (χ1) is 6.97. The van der Waals surface area contributed by atoms with Gasteiger partial charge in [-0.2, -0.15) is 0 Å². The molecule has 1 aromatic carbocycles. The second kappa shape index (κ2) is 4.43. The minimum absolute atomic E-state index is 0.139. The molecular formula is C8H4FIO5. The summed E-state index contributed by atoms with van der Waals surface area (Å²) in [6, 6.07) is 1.36. The van der Waals surface area contributed by atoms with E-state index in [1.165, 1.54) is 0 Å². The van der Waals surface area contributed by atoms with Crippen molar-refractivity contribution in [2.75, 3.05) is 0 Å². The van der Waals surface area contributed by atoms with Crippen LogP contribution in [0.3, 0.4) is 0 Å². The minimum Gasteiger partial charge on any atom is -0.478 e. The van der Waals surface area contributed by atoms with E-state index in [-0.39, 0.29) is 3.57 Å². The van der Waals surface area contributed by atoms with Gasteiger partial charge in [-0.15, -0.1) is 0 Å². The van der Waals surface area contributed by atoms with Crippen molar-refractivity contribution >= 4 is 33.1 Å². The van der Waals surface area contributed by atoms with Gasteiger partial charge in [0.05, 0.1) is 14.7 Å². The molecule has 0 atom stereocenters. The summed E-state index contributed by atoms with van der Waals surface area (Å²) >= 11 is -1.86. The third-order valence-corrected chi connectivity index (χ3v) is 2.97. The van der Waals surface area contributed by atoms with Crippen LogP contribution in [0.1, 0.15) is 20.7 Å². The van der Waals surface area contributed by atoms with Gasteiger partial charge in [-0.05, 0) is 12.1 Å². The van der Waals surface area contributed by atoms with E-state index in [0.29, 0.717) is 6.07 Å². The van der Waals surface area contributed by atoms with Crippen molar-refractivity contribution in [1.29, 1.82) is 0 Å². The fourth-order valence-corrected chi connectivity index (χ4v) is 2.00. The van der Waals surface area contributed by atoms with Crippen molar-refractivity contribution in [1.82, 2.24) is 0 Å². The second-order valence-corrected chi connectivity index (χ2v) is 4.10. The average molecular weight is 326 g/mol. The number of halogens is 2. The molecule has 0 aliphatic heterocycles. The van der Waals surface area contributed by atoms with E-state index in [1.807, 2.05) is 0 Å². The van der Waals surface area contributed by atoms with Crippen LogP contribution in [-0.4, -0.2) is 22.2 Å². The van der Waals surface area contributed by atoms with Crippen LogP contribution >= 0.6 is 21.2 Å². The van der Waals surface area contributed by atoms with Gasteiger partial charge in [0.2, 0.25) is 0 Å². The number of carbonyl (C=O) groups is 2. The first-order valence-electron chi connectivity index (χ1n) is 3.54. The third kappa shape index (κ3) is 2.35. The predicted octanol–water partition coefficient (Wildman–Crippen LogP) is 1.71. The monoisotopic (exact) mass is 326 g/mol. The van der Waals surface area contributed by atoms with Gasteiger partial charge >= 0.3 is 11.9 Å². The summed E-state index contributed by atoms with van der Waals surface area (Å²) in [5.41, 5.74) is -1.13. The molecule has 0 radical (unpaired) electrons. The molecule has 0 saturated carbocycles. The third-order valence-electron chi connectivity index (χ3n) is 1.60. The molecule has 0 heterocycles. The summed E-state index contributed by atoms with van der Waals surface area (Å²) in [4.78, 5) is 21.1. The summed E-state index contributed by atoms with van der Waals surface area (Å²) < 4.78 is 23.6. The average Bonchev–Trinajstić information content (AvgIpc) is 2.16. The molecule has 0 bridgehead atoms. The number of rotatable bonds is 3. The maximum absolute atomic E-state index is 13.0. The summed E-state index contributed by atoms with van der Waals surface area (Å²) in [5, 5.41) is 17.2. The van der Waals surface area contributed by atoms with E-state index in [1.54, 1.807) is 0 Å². The Morgan fingerprint density at radius 2 is 1.67 bits per heavy atom. The van der Waals surface area contributed by atoms with Crippen molar-refractivity contribution in [2.24, 2.45) is 0 Å². The zero-order valence-corrected chi connectivity index (χ0v) is 9.19. The quantitative estimate of drug-likeness (QED) is 0.825. The molecule has 0 spiro atoms. The number of hydrogen-bond acceptors (Lipinski definition) is 3. The molecule has 7 heteroatoms. The van der Waals surface area contributed by atoms with Crippen LogP contribution in [0, 0.1) is 9.39 Å². The Morgan fingerprint density at radius 3 is 2.07 bits per heavy atom. The first kappa shape index (κ1) is 11.7. The molecule has 15 heavy (non-hydrogen) atoms. The molecule has 1 aromatic rings. The van der Waals surface area contributed by atoms with Gasteiger partial charge in [-0.3, -0.25) is 3.07 Å². The number of carboxylic acids is 2. The molecule has 0 aromatic heterocycles. The summed E-state index contributed by atoms with van der Waals surface area (Å²) in [7, 11) is 0. The molecule has 0 aliphatic carbocycles. The standard InChI is InChI=1S/C8H4FIO5/c9-5-1-4(8(13)14)6(10-15)2-3(5)7(11)12/h1-2H,(H,11,12)(H,13,14). The van der Waals surface area contributed by atoms with Crippen LogP contribution in [0.15, 0.2) is 12.1 Å². The number of carboxylic acid groups (broad SMARTS) is 2.